The van der Waals surface area contributed by atoms with Gasteiger partial charge in [-0.2, -0.15) is 0 Å². The van der Waals surface area contributed by atoms with Gasteiger partial charge in [0.15, 0.2) is 5.58 Å². The molecular formula is C12H8N2O2. The zero-order valence-corrected chi connectivity index (χ0v) is 8.29. The lowest BCUT2D eigenvalue weighted by molar-refractivity contribution is 0.303. The van der Waals surface area contributed by atoms with Crippen LogP contribution < -0.4 is 5.36 Å². The van der Waals surface area contributed by atoms with Crippen LogP contribution in [0.1, 0.15) is 0 Å². The first-order chi connectivity index (χ1) is 7.90. The Labute approximate surface area is 90.5 Å². The van der Waals surface area contributed by atoms with Crippen LogP contribution in [-0.2, 0) is 0 Å². The molecule has 78 valence electrons. The van der Waals surface area contributed by atoms with Gasteiger partial charge < -0.3 is 9.62 Å². The molecule has 0 saturated carbocycles. The molecule has 0 amide bonds. The molecule has 0 unspecified atom stereocenters. The molecule has 0 fully saturated rings. The van der Waals surface area contributed by atoms with Gasteiger partial charge in [-0.15, -0.1) is 0 Å². The molecule has 0 bridgehead atoms. The van der Waals surface area contributed by atoms with Crippen LogP contribution in [0.2, 0.25) is 0 Å². The fourth-order valence-electron chi connectivity index (χ4n) is 1.78. The lowest BCUT2D eigenvalue weighted by Gasteiger charge is -2.01. The highest BCUT2D eigenvalue weighted by molar-refractivity contribution is 5.88. The van der Waals surface area contributed by atoms with Crippen LogP contribution in [0.15, 0.2) is 52.3 Å². The van der Waals surface area contributed by atoms with Gasteiger partial charge in [0.2, 0.25) is 0 Å². The van der Waals surface area contributed by atoms with Gasteiger partial charge in [0, 0.05) is 11.6 Å². The van der Waals surface area contributed by atoms with Crippen LogP contribution in [0.4, 0.5) is 0 Å². The molecule has 0 aliphatic heterocycles. The van der Waals surface area contributed by atoms with E-state index < -0.39 is 0 Å². The van der Waals surface area contributed by atoms with Crippen molar-refractivity contribution in [3.63, 3.8) is 0 Å². The third-order valence-corrected chi connectivity index (χ3v) is 2.50. The maximum Gasteiger partial charge on any atom is 0.155 e. The summed E-state index contributed by atoms with van der Waals surface area (Å²) in [6.07, 6.45) is 3.25. The summed E-state index contributed by atoms with van der Waals surface area (Å²) in [5.41, 5.74) is 1.28. The number of hydrogen-bond acceptors (Lipinski definition) is 4. The van der Waals surface area contributed by atoms with E-state index in [0.717, 1.165) is 10.8 Å². The minimum atomic E-state index is 0.513. The molecular weight excluding hydrogens is 204 g/mol. The van der Waals surface area contributed by atoms with Crippen molar-refractivity contribution >= 4 is 21.9 Å². The second-order valence-electron chi connectivity index (χ2n) is 3.42. The van der Waals surface area contributed by atoms with E-state index in [1.807, 2.05) is 24.3 Å². The number of hydrogen-bond donors (Lipinski definition) is 1. The normalized spacial score (nSPS) is 12.4. The second kappa shape index (κ2) is 3.34. The maximum atomic E-state index is 9.10. The van der Waals surface area contributed by atoms with Crippen LogP contribution in [0.25, 0.3) is 21.9 Å². The van der Waals surface area contributed by atoms with Crippen molar-refractivity contribution in [3.8, 4) is 0 Å². The van der Waals surface area contributed by atoms with Crippen molar-refractivity contribution in [2.75, 3.05) is 0 Å². The van der Waals surface area contributed by atoms with E-state index in [1.165, 1.54) is 0 Å². The van der Waals surface area contributed by atoms with Crippen molar-refractivity contribution in [1.82, 2.24) is 4.98 Å². The fraction of sp³-hybridized carbons (Fsp3) is 0. The van der Waals surface area contributed by atoms with Gasteiger partial charge in [-0.05, 0) is 18.2 Å². The number of fused-ring (bicyclic) bond motifs is 2. The van der Waals surface area contributed by atoms with E-state index in [-0.39, 0.29) is 0 Å². The highest BCUT2D eigenvalue weighted by atomic mass is 16.4. The molecule has 3 aromatic rings. The number of rotatable bonds is 0. The third-order valence-electron chi connectivity index (χ3n) is 2.50. The predicted octanol–water partition coefficient (Wildman–Crippen LogP) is 2.27. The van der Waals surface area contributed by atoms with E-state index in [2.05, 4.69) is 10.1 Å². The molecule has 3 rings (SSSR count). The molecule has 16 heavy (non-hydrogen) atoms. The van der Waals surface area contributed by atoms with E-state index in [1.54, 1.807) is 18.5 Å². The maximum absolute atomic E-state index is 9.10. The molecule has 0 saturated heterocycles. The molecule has 1 aromatic carbocycles. The number of benzene rings is 1. The van der Waals surface area contributed by atoms with E-state index >= 15 is 0 Å². The Bertz CT molecular complexity index is 674. The molecule has 0 aliphatic carbocycles. The summed E-state index contributed by atoms with van der Waals surface area (Å²) in [6.45, 7) is 0. The number of aromatic nitrogens is 1. The van der Waals surface area contributed by atoms with Crippen molar-refractivity contribution in [2.45, 2.75) is 0 Å². The quantitative estimate of drug-likeness (QED) is 0.353. The summed E-state index contributed by atoms with van der Waals surface area (Å²) in [6, 6.07) is 9.19. The first-order valence-electron chi connectivity index (χ1n) is 4.84. The predicted molar refractivity (Wildman–Crippen MR) is 58.9 cm³/mol. The van der Waals surface area contributed by atoms with Gasteiger partial charge in [0.05, 0.1) is 11.6 Å². The number of pyridine rings is 1. The Balaban J connectivity index is 2.68. The summed E-state index contributed by atoms with van der Waals surface area (Å²) in [5.74, 6) is 0. The van der Waals surface area contributed by atoms with Gasteiger partial charge in [0.25, 0.3) is 0 Å². The molecule has 1 N–H and O–H groups in total. The van der Waals surface area contributed by atoms with Crippen molar-refractivity contribution in [1.29, 1.82) is 0 Å². The van der Waals surface area contributed by atoms with Crippen molar-refractivity contribution in [2.24, 2.45) is 5.16 Å². The number of nitrogens with zero attached hydrogens (tertiary/aromatic N) is 2. The smallest absolute Gasteiger partial charge is 0.155 e. The average molecular weight is 212 g/mol. The van der Waals surface area contributed by atoms with Crippen LogP contribution in [0.5, 0.6) is 0 Å². The minimum absolute atomic E-state index is 0.513. The summed E-state index contributed by atoms with van der Waals surface area (Å²) < 4.78 is 5.66. The van der Waals surface area contributed by atoms with Crippen LogP contribution in [0.3, 0.4) is 0 Å². The summed E-state index contributed by atoms with van der Waals surface area (Å²) in [5, 5.41) is 14.5. The zero-order valence-electron chi connectivity index (χ0n) is 8.29. The Morgan fingerprint density at radius 2 is 1.88 bits per heavy atom. The molecule has 2 aromatic heterocycles. The van der Waals surface area contributed by atoms with Crippen molar-refractivity contribution < 1.29 is 9.62 Å². The molecule has 4 heteroatoms. The molecule has 4 nitrogen and oxygen atoms in total. The summed E-state index contributed by atoms with van der Waals surface area (Å²) in [4.78, 5) is 3.98. The highest BCUT2D eigenvalue weighted by Gasteiger charge is 2.04. The van der Waals surface area contributed by atoms with Crippen molar-refractivity contribution in [3.05, 3.63) is 48.1 Å². The lowest BCUT2D eigenvalue weighted by Crippen LogP contribution is -2.04. The Morgan fingerprint density at radius 1 is 1.06 bits per heavy atom. The topological polar surface area (TPSA) is 58.6 Å². The Kier molecular flexibility index (Phi) is 1.86. The zero-order chi connectivity index (χ0) is 11.0. The van der Waals surface area contributed by atoms with Gasteiger partial charge >= 0.3 is 0 Å². The molecule has 2 heterocycles. The SMILES string of the molecule is O/N=c1/c2ccccc2oc2cnccc12. The van der Waals surface area contributed by atoms with Crippen LogP contribution in [-0.4, -0.2) is 10.2 Å². The molecule has 0 radical (unpaired) electrons. The molecule has 0 spiro atoms. The fourth-order valence-corrected chi connectivity index (χ4v) is 1.78. The minimum Gasteiger partial charge on any atom is -0.454 e. The first-order valence-corrected chi connectivity index (χ1v) is 4.84. The number of para-hydroxylation sites is 1. The Hall–Kier alpha value is -2.36. The second-order valence-corrected chi connectivity index (χ2v) is 3.42. The summed E-state index contributed by atoms with van der Waals surface area (Å²) >= 11 is 0. The standard InChI is InChI=1S/C12H8N2O2/c15-14-12-8-3-1-2-4-10(8)16-11-7-13-6-5-9(11)12/h1-7,15H/b14-12-. The van der Waals surface area contributed by atoms with Crippen LogP contribution in [0, 0.1) is 0 Å². The van der Waals surface area contributed by atoms with E-state index in [9.17, 15) is 0 Å². The third kappa shape index (κ3) is 1.16. The Morgan fingerprint density at radius 3 is 2.75 bits per heavy atom. The first kappa shape index (κ1) is 8.91. The van der Waals surface area contributed by atoms with E-state index in [4.69, 9.17) is 9.62 Å². The van der Waals surface area contributed by atoms with Gasteiger partial charge in [-0.25, -0.2) is 0 Å². The van der Waals surface area contributed by atoms with Gasteiger partial charge in [0.1, 0.15) is 10.9 Å². The lowest BCUT2D eigenvalue weighted by atomic mass is 10.1. The highest BCUT2D eigenvalue weighted by Crippen LogP contribution is 2.16. The van der Waals surface area contributed by atoms with E-state index in [0.29, 0.717) is 16.5 Å². The largest absolute Gasteiger partial charge is 0.454 e. The van der Waals surface area contributed by atoms with Gasteiger partial charge in [-0.1, -0.05) is 17.3 Å². The monoisotopic (exact) mass is 212 g/mol. The van der Waals surface area contributed by atoms with Crippen LogP contribution >= 0.6 is 0 Å². The average Bonchev–Trinajstić information content (AvgIpc) is 2.36. The molecule has 0 atom stereocenters. The molecule has 0 aliphatic rings. The van der Waals surface area contributed by atoms with Gasteiger partial charge in [-0.3, -0.25) is 4.98 Å². The summed E-state index contributed by atoms with van der Waals surface area (Å²) in [7, 11) is 0.